The van der Waals surface area contributed by atoms with Gasteiger partial charge in [-0.3, -0.25) is 19.1 Å². The molecule has 230 valence electrons. The van der Waals surface area contributed by atoms with Gasteiger partial charge in [0.15, 0.2) is 0 Å². The van der Waals surface area contributed by atoms with Gasteiger partial charge in [0.05, 0.1) is 27.5 Å². The van der Waals surface area contributed by atoms with E-state index < -0.39 is 16.0 Å². The van der Waals surface area contributed by atoms with Crippen LogP contribution in [0.15, 0.2) is 76.7 Å². The van der Waals surface area contributed by atoms with Crippen molar-refractivity contribution in [3.8, 4) is 11.4 Å². The van der Waals surface area contributed by atoms with Gasteiger partial charge in [-0.05, 0) is 101 Å². The van der Waals surface area contributed by atoms with Gasteiger partial charge in [-0.2, -0.15) is 13.5 Å². The van der Waals surface area contributed by atoms with E-state index in [0.717, 1.165) is 35.8 Å². The van der Waals surface area contributed by atoms with Crippen molar-refractivity contribution in [2.24, 2.45) is 0 Å². The first kappa shape index (κ1) is 30.0. The third kappa shape index (κ3) is 6.54. The van der Waals surface area contributed by atoms with Gasteiger partial charge in [-0.25, -0.2) is 4.98 Å². The molecule has 0 radical (unpaired) electrons. The molecule has 0 atom stereocenters. The summed E-state index contributed by atoms with van der Waals surface area (Å²) < 4.78 is 38.8. The number of amides is 1. The molecule has 0 bridgehead atoms. The highest BCUT2D eigenvalue weighted by Crippen LogP contribution is 2.31. The molecule has 10 nitrogen and oxygen atoms in total. The summed E-state index contributed by atoms with van der Waals surface area (Å²) in [5, 5.41) is 1.34. The Labute approximate surface area is 256 Å². The fourth-order valence-electron chi connectivity index (χ4n) is 5.39. The third-order valence-corrected chi connectivity index (χ3v) is 9.34. The van der Waals surface area contributed by atoms with Gasteiger partial charge in [0.2, 0.25) is 0 Å². The highest BCUT2D eigenvalue weighted by atomic mass is 32.2. The molecule has 2 fully saturated rings. The van der Waals surface area contributed by atoms with Gasteiger partial charge in [-0.15, -0.1) is 4.28 Å². The number of benzene rings is 3. The number of hydrogen-bond donors (Lipinski definition) is 0. The minimum atomic E-state index is -4.23. The number of aromatic nitrogens is 2. The minimum Gasteiger partial charge on any atom is -0.492 e. The number of fused-ring (bicyclic) bond motifs is 1. The van der Waals surface area contributed by atoms with Gasteiger partial charge >= 0.3 is 10.1 Å². The molecular weight excluding hydrogens is 580 g/mol. The van der Waals surface area contributed by atoms with E-state index in [-0.39, 0.29) is 22.1 Å². The van der Waals surface area contributed by atoms with Crippen molar-refractivity contribution in [1.29, 1.82) is 0 Å². The molecule has 0 unspecified atom stereocenters. The molecule has 2 aliphatic rings. The topological polar surface area (TPSA) is 111 Å². The lowest BCUT2D eigenvalue weighted by Crippen LogP contribution is -2.35. The smallest absolute Gasteiger partial charge is 0.317 e. The molecule has 1 aliphatic heterocycles. The number of aryl methyl sites for hydroxylation is 2. The number of hydrogen-bond acceptors (Lipinski definition) is 8. The van der Waals surface area contributed by atoms with E-state index in [9.17, 15) is 18.0 Å². The van der Waals surface area contributed by atoms with Crippen LogP contribution in [0.4, 0.5) is 0 Å². The molecule has 0 spiro atoms. The number of rotatable bonds is 10. The van der Waals surface area contributed by atoms with Crippen molar-refractivity contribution >= 4 is 26.9 Å². The summed E-state index contributed by atoms with van der Waals surface area (Å²) in [7, 11) is -4.23. The lowest BCUT2D eigenvalue weighted by Gasteiger charge is -2.26. The zero-order chi connectivity index (χ0) is 30.8. The van der Waals surface area contributed by atoms with Crippen LogP contribution in [0, 0.1) is 13.8 Å². The standard InChI is InChI=1S/C33H36N4O6S/c1-23-6-13-28(14-7-23)44(40,41)43-37(26-10-11-26)32(38)25-9-8-24(2)31(20-25)36-22-34-30-15-12-27(21-29(30)33(36)39)42-19-18-35-16-4-3-5-17-35/h6-9,12-15,20-22,26H,3-5,10-11,16-19H2,1-2H3. The highest BCUT2D eigenvalue weighted by Gasteiger charge is 2.38. The lowest BCUT2D eigenvalue weighted by atomic mass is 10.1. The SMILES string of the molecule is Cc1ccc(S(=O)(=O)ON(C(=O)c2ccc(C)c(-n3cnc4ccc(OCCN5CCCCC5)cc4c3=O)c2)C2CC2)cc1. The minimum absolute atomic E-state index is 0.0326. The molecule has 0 N–H and O–H groups in total. The second-order valence-corrected chi connectivity index (χ2v) is 13.1. The summed E-state index contributed by atoms with van der Waals surface area (Å²) in [6, 6.07) is 16.1. The maximum atomic E-state index is 13.7. The zero-order valence-corrected chi connectivity index (χ0v) is 25.8. The Morgan fingerprint density at radius 1 is 0.977 bits per heavy atom. The predicted octanol–water partition coefficient (Wildman–Crippen LogP) is 4.79. The summed E-state index contributed by atoms with van der Waals surface area (Å²) in [6.45, 7) is 7.23. The van der Waals surface area contributed by atoms with Crippen LogP contribution in [-0.4, -0.2) is 66.1 Å². The van der Waals surface area contributed by atoms with Gasteiger partial charge in [0.25, 0.3) is 11.5 Å². The molecule has 1 saturated heterocycles. The van der Waals surface area contributed by atoms with E-state index in [4.69, 9.17) is 9.02 Å². The van der Waals surface area contributed by atoms with Crippen LogP contribution >= 0.6 is 0 Å². The lowest BCUT2D eigenvalue weighted by molar-refractivity contribution is -0.0341. The average Bonchev–Trinajstić information content (AvgIpc) is 3.87. The molecule has 1 saturated carbocycles. The number of likely N-dealkylation sites (tertiary alicyclic amines) is 1. The van der Waals surface area contributed by atoms with E-state index in [2.05, 4.69) is 9.88 Å². The summed E-state index contributed by atoms with van der Waals surface area (Å²) in [5.41, 5.74) is 2.53. The number of hydroxylamine groups is 2. The Hall–Kier alpha value is -4.06. The van der Waals surface area contributed by atoms with E-state index >= 15 is 0 Å². The Morgan fingerprint density at radius 3 is 2.45 bits per heavy atom. The van der Waals surface area contributed by atoms with Crippen molar-refractivity contribution in [1.82, 2.24) is 19.5 Å². The molecule has 6 rings (SSSR count). The van der Waals surface area contributed by atoms with Gasteiger partial charge < -0.3 is 4.74 Å². The van der Waals surface area contributed by atoms with Gasteiger partial charge in [0.1, 0.15) is 18.7 Å². The Kier molecular flexibility index (Phi) is 8.53. The van der Waals surface area contributed by atoms with Crippen LogP contribution in [0.2, 0.25) is 0 Å². The van der Waals surface area contributed by atoms with Crippen molar-refractivity contribution in [3.05, 3.63) is 94.0 Å². The molecule has 1 aromatic heterocycles. The summed E-state index contributed by atoms with van der Waals surface area (Å²) >= 11 is 0. The third-order valence-electron chi connectivity index (χ3n) is 8.14. The molecule has 2 heterocycles. The van der Waals surface area contributed by atoms with Crippen LogP contribution in [0.5, 0.6) is 5.75 Å². The van der Waals surface area contributed by atoms with Gasteiger partial charge in [0, 0.05) is 12.1 Å². The monoisotopic (exact) mass is 616 g/mol. The van der Waals surface area contributed by atoms with Crippen LogP contribution in [0.25, 0.3) is 16.6 Å². The molecular formula is C33H36N4O6S. The first-order valence-corrected chi connectivity index (χ1v) is 16.4. The first-order chi connectivity index (χ1) is 21.2. The maximum absolute atomic E-state index is 13.7. The number of carbonyl (C=O) groups excluding carboxylic acids is 1. The van der Waals surface area contributed by atoms with Crippen molar-refractivity contribution in [2.75, 3.05) is 26.2 Å². The second kappa shape index (κ2) is 12.5. The van der Waals surface area contributed by atoms with E-state index in [1.807, 2.05) is 19.9 Å². The summed E-state index contributed by atoms with van der Waals surface area (Å²) in [6.07, 6.45) is 6.40. The predicted molar refractivity (Wildman–Crippen MR) is 167 cm³/mol. The average molecular weight is 617 g/mol. The number of ether oxygens (including phenoxy) is 1. The molecule has 3 aromatic carbocycles. The Balaban J connectivity index is 1.25. The Morgan fingerprint density at radius 2 is 1.73 bits per heavy atom. The largest absolute Gasteiger partial charge is 0.492 e. The fourth-order valence-corrected chi connectivity index (χ4v) is 6.35. The summed E-state index contributed by atoms with van der Waals surface area (Å²) in [5.74, 6) is -0.00514. The Bertz CT molecular complexity index is 1840. The highest BCUT2D eigenvalue weighted by molar-refractivity contribution is 7.86. The molecule has 11 heteroatoms. The number of piperidine rings is 1. The maximum Gasteiger partial charge on any atom is 0.317 e. The summed E-state index contributed by atoms with van der Waals surface area (Å²) in [4.78, 5) is 34.2. The van der Waals surface area contributed by atoms with E-state index in [1.165, 1.54) is 42.3 Å². The molecule has 44 heavy (non-hydrogen) atoms. The van der Waals surface area contributed by atoms with Crippen molar-refractivity contribution in [3.63, 3.8) is 0 Å². The first-order valence-electron chi connectivity index (χ1n) is 15.0. The fraction of sp³-hybridized carbons (Fsp3) is 0.364. The van der Waals surface area contributed by atoms with Gasteiger partial charge in [-0.1, -0.05) is 30.2 Å². The zero-order valence-electron chi connectivity index (χ0n) is 24.9. The molecule has 4 aromatic rings. The number of nitrogens with zero attached hydrogens (tertiary/aromatic N) is 4. The molecule has 1 aliphatic carbocycles. The van der Waals surface area contributed by atoms with E-state index in [0.29, 0.717) is 41.8 Å². The van der Waals surface area contributed by atoms with Crippen LogP contribution in [0.1, 0.15) is 53.6 Å². The second-order valence-electron chi connectivity index (χ2n) is 11.6. The number of carbonyl (C=O) groups is 1. The normalized spacial score (nSPS) is 15.8. The van der Waals surface area contributed by atoms with Crippen LogP contribution in [-0.2, 0) is 14.4 Å². The quantitative estimate of drug-likeness (QED) is 0.234. The van der Waals surface area contributed by atoms with Crippen LogP contribution in [0.3, 0.4) is 0 Å². The van der Waals surface area contributed by atoms with E-state index in [1.54, 1.807) is 42.5 Å². The molecule has 1 amide bonds. The van der Waals surface area contributed by atoms with Crippen molar-refractivity contribution in [2.45, 2.75) is 56.9 Å². The van der Waals surface area contributed by atoms with Crippen molar-refractivity contribution < 1.29 is 22.2 Å². The van der Waals surface area contributed by atoms with Crippen LogP contribution < -0.4 is 10.3 Å².